The van der Waals surface area contributed by atoms with E-state index >= 15 is 0 Å². The van der Waals surface area contributed by atoms with E-state index in [1.54, 1.807) is 0 Å². The molecule has 1 aliphatic rings. The number of halogens is 3. The Balaban J connectivity index is 2.35. The van der Waals surface area contributed by atoms with Gasteiger partial charge in [-0.3, -0.25) is 4.79 Å². The molecule has 1 atom stereocenters. The Hall–Kier alpha value is -1.40. The van der Waals surface area contributed by atoms with E-state index in [4.69, 9.17) is 11.6 Å². The van der Waals surface area contributed by atoms with Gasteiger partial charge in [0.25, 0.3) is 12.3 Å². The molecule has 0 spiro atoms. The van der Waals surface area contributed by atoms with Gasteiger partial charge in [0.1, 0.15) is 0 Å². The molecule has 1 aromatic rings. The summed E-state index contributed by atoms with van der Waals surface area (Å²) < 4.78 is 24.6. The minimum absolute atomic E-state index is 0.215. The summed E-state index contributed by atoms with van der Waals surface area (Å²) in [6.07, 6.45) is -3.74. The van der Waals surface area contributed by atoms with Gasteiger partial charge in [-0.25, -0.2) is 8.78 Å². The fourth-order valence-electron chi connectivity index (χ4n) is 1.85. The van der Waals surface area contributed by atoms with Gasteiger partial charge in [-0.1, -0.05) is 11.6 Å². The van der Waals surface area contributed by atoms with Crippen molar-refractivity contribution in [2.24, 2.45) is 0 Å². The van der Waals surface area contributed by atoms with Crippen LogP contribution in [0.4, 0.5) is 20.2 Å². The summed E-state index contributed by atoms with van der Waals surface area (Å²) in [5.74, 6) is -0.547. The highest BCUT2D eigenvalue weighted by atomic mass is 35.5. The molecule has 1 aromatic carbocycles. The summed E-state index contributed by atoms with van der Waals surface area (Å²) in [7, 11) is 1.48. The second-order valence-electron chi connectivity index (χ2n) is 4.05. The smallest absolute Gasteiger partial charge is 0.257 e. The lowest BCUT2D eigenvalue weighted by atomic mass is 10.1. The Morgan fingerprint density at radius 2 is 2.22 bits per heavy atom. The van der Waals surface area contributed by atoms with Crippen molar-refractivity contribution in [3.05, 3.63) is 22.7 Å². The number of carbonyl (C=O) groups is 1. The number of alkyl halides is 2. The number of nitrogens with one attached hydrogen (secondary N) is 1. The van der Waals surface area contributed by atoms with Gasteiger partial charge in [0.2, 0.25) is 0 Å². The number of aliphatic hydroxyl groups is 1. The lowest BCUT2D eigenvalue weighted by Crippen LogP contribution is -2.24. The normalized spacial score (nSPS) is 17.9. The second-order valence-corrected chi connectivity index (χ2v) is 4.46. The van der Waals surface area contributed by atoms with Crippen LogP contribution in [0.2, 0.25) is 5.02 Å². The summed E-state index contributed by atoms with van der Waals surface area (Å²) in [6.45, 7) is -0.463. The molecule has 2 N–H and O–H groups in total. The van der Waals surface area contributed by atoms with E-state index in [0.717, 1.165) is 0 Å². The molecular formula is C11H11ClF2N2O2. The van der Waals surface area contributed by atoms with Gasteiger partial charge >= 0.3 is 0 Å². The number of hydrogen-bond donors (Lipinski definition) is 2. The number of carbonyl (C=O) groups excluding carboxylic acids is 1. The molecule has 0 bridgehead atoms. The first-order chi connectivity index (χ1) is 8.40. The highest BCUT2D eigenvalue weighted by molar-refractivity contribution is 6.33. The molecule has 98 valence electrons. The molecule has 0 saturated heterocycles. The monoisotopic (exact) mass is 276 g/mol. The van der Waals surface area contributed by atoms with Gasteiger partial charge in [0, 0.05) is 18.3 Å². The standard InChI is InChI=1S/C11H11ClF2N2O2/c1-16(4-9(13)14)8-3-7-5(2-6(8)12)10(17)11(18)15-7/h2-3,9-10,17H,4H2,1H3,(H,15,18). The number of aliphatic hydroxyl groups excluding tert-OH is 1. The molecule has 0 fully saturated rings. The van der Waals surface area contributed by atoms with Crippen molar-refractivity contribution < 1.29 is 18.7 Å². The third-order valence-electron chi connectivity index (χ3n) is 2.74. The van der Waals surface area contributed by atoms with Crippen LogP contribution < -0.4 is 10.2 Å². The fraction of sp³-hybridized carbons (Fsp3) is 0.364. The zero-order chi connectivity index (χ0) is 13.4. The minimum atomic E-state index is -2.49. The summed E-state index contributed by atoms with van der Waals surface area (Å²) in [5, 5.41) is 12.2. The van der Waals surface area contributed by atoms with Crippen molar-refractivity contribution in [3.8, 4) is 0 Å². The number of rotatable bonds is 3. The van der Waals surface area contributed by atoms with Crippen molar-refractivity contribution in [1.29, 1.82) is 0 Å². The highest BCUT2D eigenvalue weighted by Gasteiger charge is 2.30. The number of nitrogens with zero attached hydrogens (tertiary/aromatic N) is 1. The molecule has 0 saturated carbocycles. The number of amides is 1. The molecular weight excluding hydrogens is 266 g/mol. The third-order valence-corrected chi connectivity index (χ3v) is 3.05. The lowest BCUT2D eigenvalue weighted by Gasteiger charge is -2.21. The first kappa shape index (κ1) is 13.0. The van der Waals surface area contributed by atoms with E-state index < -0.39 is 25.0 Å². The van der Waals surface area contributed by atoms with Crippen LogP contribution in [-0.4, -0.2) is 31.0 Å². The van der Waals surface area contributed by atoms with Crippen LogP contribution >= 0.6 is 11.6 Å². The van der Waals surface area contributed by atoms with E-state index in [0.29, 0.717) is 16.9 Å². The second kappa shape index (κ2) is 4.70. The van der Waals surface area contributed by atoms with Crippen LogP contribution in [0.15, 0.2) is 12.1 Å². The molecule has 1 heterocycles. The maximum Gasteiger partial charge on any atom is 0.257 e. The average molecular weight is 277 g/mol. The maximum absolute atomic E-state index is 12.3. The highest BCUT2D eigenvalue weighted by Crippen LogP contribution is 2.38. The van der Waals surface area contributed by atoms with Crippen molar-refractivity contribution in [1.82, 2.24) is 0 Å². The number of benzene rings is 1. The van der Waals surface area contributed by atoms with E-state index in [1.165, 1.54) is 24.1 Å². The minimum Gasteiger partial charge on any atom is -0.378 e. The summed E-state index contributed by atoms with van der Waals surface area (Å²) in [6, 6.07) is 2.89. The molecule has 0 radical (unpaired) electrons. The zero-order valence-corrected chi connectivity index (χ0v) is 10.2. The molecule has 0 aliphatic carbocycles. The predicted octanol–water partition coefficient (Wildman–Crippen LogP) is 2.03. The van der Waals surface area contributed by atoms with Crippen LogP contribution in [0.5, 0.6) is 0 Å². The number of fused-ring (bicyclic) bond motifs is 1. The molecule has 1 amide bonds. The average Bonchev–Trinajstić information content (AvgIpc) is 2.53. The Kier molecular flexibility index (Phi) is 3.41. The van der Waals surface area contributed by atoms with Crippen molar-refractivity contribution in [2.75, 3.05) is 23.8 Å². The lowest BCUT2D eigenvalue weighted by molar-refractivity contribution is -0.123. The van der Waals surface area contributed by atoms with Crippen LogP contribution in [0.25, 0.3) is 0 Å². The molecule has 7 heteroatoms. The largest absolute Gasteiger partial charge is 0.378 e. The van der Waals surface area contributed by atoms with E-state index in [1.807, 2.05) is 0 Å². The van der Waals surface area contributed by atoms with Crippen LogP contribution in [0.3, 0.4) is 0 Å². The Morgan fingerprint density at radius 3 is 2.83 bits per heavy atom. The van der Waals surface area contributed by atoms with Crippen LogP contribution in [0.1, 0.15) is 11.7 Å². The zero-order valence-electron chi connectivity index (χ0n) is 9.45. The molecule has 1 aliphatic heterocycles. The van der Waals surface area contributed by atoms with Gasteiger partial charge in [-0.05, 0) is 12.1 Å². The number of hydrogen-bond acceptors (Lipinski definition) is 3. The quantitative estimate of drug-likeness (QED) is 0.888. The Morgan fingerprint density at radius 1 is 1.56 bits per heavy atom. The van der Waals surface area contributed by atoms with Gasteiger partial charge < -0.3 is 15.3 Å². The van der Waals surface area contributed by atoms with Crippen LogP contribution in [0, 0.1) is 0 Å². The molecule has 4 nitrogen and oxygen atoms in total. The molecule has 2 rings (SSSR count). The first-order valence-electron chi connectivity index (χ1n) is 5.22. The topological polar surface area (TPSA) is 52.6 Å². The van der Waals surface area contributed by atoms with Crippen molar-refractivity contribution in [2.45, 2.75) is 12.5 Å². The van der Waals surface area contributed by atoms with Gasteiger partial charge in [0.05, 0.1) is 17.3 Å². The number of anilines is 2. The van der Waals surface area contributed by atoms with Crippen molar-refractivity contribution >= 4 is 28.9 Å². The Bertz CT molecular complexity index is 496. The summed E-state index contributed by atoms with van der Waals surface area (Å²) in [4.78, 5) is 12.6. The predicted molar refractivity (Wildman–Crippen MR) is 64.3 cm³/mol. The summed E-state index contributed by atoms with van der Waals surface area (Å²) >= 11 is 5.96. The van der Waals surface area contributed by atoms with Gasteiger partial charge in [-0.15, -0.1) is 0 Å². The van der Waals surface area contributed by atoms with Crippen LogP contribution in [-0.2, 0) is 4.79 Å². The molecule has 18 heavy (non-hydrogen) atoms. The SMILES string of the molecule is CN(CC(F)F)c1cc2c(cc1Cl)C(O)C(=O)N2. The van der Waals surface area contributed by atoms with Gasteiger partial charge in [0.15, 0.2) is 6.10 Å². The van der Waals surface area contributed by atoms with E-state index in [-0.39, 0.29) is 5.02 Å². The third kappa shape index (κ3) is 2.26. The molecule has 1 unspecified atom stereocenters. The van der Waals surface area contributed by atoms with E-state index in [9.17, 15) is 18.7 Å². The fourth-order valence-corrected chi connectivity index (χ4v) is 2.17. The Labute approximate surface area is 107 Å². The first-order valence-corrected chi connectivity index (χ1v) is 5.59. The maximum atomic E-state index is 12.3. The summed E-state index contributed by atoms with van der Waals surface area (Å²) in [5.41, 5.74) is 1.14. The molecule has 0 aromatic heterocycles. The van der Waals surface area contributed by atoms with Gasteiger partial charge in [-0.2, -0.15) is 0 Å². The van der Waals surface area contributed by atoms with E-state index in [2.05, 4.69) is 5.32 Å². The van der Waals surface area contributed by atoms with Crippen molar-refractivity contribution in [3.63, 3.8) is 0 Å².